The molecule has 2 amide bonds. The van der Waals surface area contributed by atoms with Crippen LogP contribution in [0, 0.1) is 0 Å². The molecule has 1 aliphatic carbocycles. The van der Waals surface area contributed by atoms with Crippen LogP contribution in [0.25, 0.3) is 11.6 Å². The predicted molar refractivity (Wildman–Crippen MR) is 152 cm³/mol. The van der Waals surface area contributed by atoms with Crippen LogP contribution in [-0.4, -0.2) is 39.7 Å². The average molecular weight is 570 g/mol. The highest BCUT2D eigenvalue weighted by atomic mass is 32.2. The summed E-state index contributed by atoms with van der Waals surface area (Å²) >= 11 is 0.839. The van der Waals surface area contributed by atoms with E-state index >= 15 is 0 Å². The normalized spacial score (nSPS) is 21.4. The molecule has 0 bridgehead atoms. The van der Waals surface area contributed by atoms with Crippen molar-refractivity contribution >= 4 is 40.5 Å². The Bertz CT molecular complexity index is 1360. The summed E-state index contributed by atoms with van der Waals surface area (Å²) in [5.74, 6) is 0.0234. The van der Waals surface area contributed by atoms with Crippen LogP contribution in [0.5, 0.6) is 0 Å². The molecule has 1 aliphatic heterocycles. The second-order valence-corrected chi connectivity index (χ2v) is 10.5. The number of hydrogen-bond acceptors (Lipinski definition) is 7. The van der Waals surface area contributed by atoms with E-state index in [1.54, 1.807) is 30.5 Å². The maximum absolute atomic E-state index is 13.5. The van der Waals surface area contributed by atoms with Gasteiger partial charge in [0.25, 0.3) is 11.1 Å². The highest BCUT2D eigenvalue weighted by Crippen LogP contribution is 2.35. The van der Waals surface area contributed by atoms with E-state index in [0.717, 1.165) is 49.1 Å². The minimum absolute atomic E-state index is 0.108. The van der Waals surface area contributed by atoms with E-state index in [0.29, 0.717) is 28.7 Å². The number of allylic oxidation sites excluding steroid dienone is 3. The molecular formula is C29H30F3N5O2S. The first-order chi connectivity index (χ1) is 19.2. The predicted octanol–water partition coefficient (Wildman–Crippen LogP) is 6.35. The Kier molecular flexibility index (Phi) is 9.59. The van der Waals surface area contributed by atoms with Gasteiger partial charge in [-0.15, -0.1) is 0 Å². The third-order valence-corrected chi connectivity index (χ3v) is 7.54. The fourth-order valence-corrected chi connectivity index (χ4v) is 5.30. The largest absolute Gasteiger partial charge is 0.417 e. The number of amides is 2. The summed E-state index contributed by atoms with van der Waals surface area (Å²) in [4.78, 5) is 32.2. The lowest BCUT2D eigenvalue weighted by Crippen LogP contribution is -2.38. The number of imide groups is 1. The van der Waals surface area contributed by atoms with Crippen LogP contribution in [0.4, 0.5) is 23.9 Å². The summed E-state index contributed by atoms with van der Waals surface area (Å²) in [5.41, 5.74) is 1.26. The number of benzene rings is 1. The van der Waals surface area contributed by atoms with Gasteiger partial charge in [0.15, 0.2) is 0 Å². The molecule has 0 atom stereocenters. The van der Waals surface area contributed by atoms with Gasteiger partial charge in [0.1, 0.15) is 0 Å². The Morgan fingerprint density at radius 1 is 1.15 bits per heavy atom. The number of thioether (sulfide) groups is 1. The summed E-state index contributed by atoms with van der Waals surface area (Å²) in [6.07, 6.45) is 7.40. The number of halogens is 3. The van der Waals surface area contributed by atoms with Crippen LogP contribution in [0.3, 0.4) is 0 Å². The molecule has 210 valence electrons. The van der Waals surface area contributed by atoms with Crippen molar-refractivity contribution in [2.45, 2.75) is 50.9 Å². The van der Waals surface area contributed by atoms with Crippen LogP contribution in [0.15, 0.2) is 71.8 Å². The molecule has 3 N–H and O–H groups in total. The van der Waals surface area contributed by atoms with E-state index in [4.69, 9.17) is 0 Å². The van der Waals surface area contributed by atoms with E-state index in [1.807, 2.05) is 13.0 Å². The monoisotopic (exact) mass is 569 g/mol. The van der Waals surface area contributed by atoms with Crippen LogP contribution in [-0.2, 0) is 11.0 Å². The van der Waals surface area contributed by atoms with Crippen molar-refractivity contribution in [3.05, 3.63) is 88.6 Å². The molecule has 1 aromatic heterocycles. The van der Waals surface area contributed by atoms with Gasteiger partial charge in [-0.1, -0.05) is 43.0 Å². The molecule has 2 aromatic rings. The van der Waals surface area contributed by atoms with Crippen molar-refractivity contribution in [2.24, 2.45) is 0 Å². The lowest BCUT2D eigenvalue weighted by atomic mass is 9.91. The van der Waals surface area contributed by atoms with Crippen LogP contribution < -0.4 is 16.0 Å². The Morgan fingerprint density at radius 3 is 2.52 bits per heavy atom. The number of aromatic nitrogens is 2. The number of nitrogens with one attached hydrogen (secondary N) is 3. The van der Waals surface area contributed by atoms with Gasteiger partial charge in [-0.25, -0.2) is 9.97 Å². The summed E-state index contributed by atoms with van der Waals surface area (Å²) in [5, 5.41) is 8.71. The third kappa shape index (κ3) is 7.70. The molecule has 1 saturated carbocycles. The summed E-state index contributed by atoms with van der Waals surface area (Å²) in [7, 11) is 0. The summed E-state index contributed by atoms with van der Waals surface area (Å²) in [6.45, 7) is 6.13. The lowest BCUT2D eigenvalue weighted by molar-refractivity contribution is -0.137. The van der Waals surface area contributed by atoms with Crippen molar-refractivity contribution in [2.75, 3.05) is 11.9 Å². The van der Waals surface area contributed by atoms with Gasteiger partial charge in [-0.3, -0.25) is 14.9 Å². The van der Waals surface area contributed by atoms with Crippen molar-refractivity contribution in [3.63, 3.8) is 0 Å². The quantitative estimate of drug-likeness (QED) is 0.239. The molecular weight excluding hydrogens is 539 g/mol. The number of anilines is 1. The molecule has 1 aromatic carbocycles. The molecule has 2 aliphatic rings. The fourth-order valence-electron chi connectivity index (χ4n) is 4.63. The van der Waals surface area contributed by atoms with Crippen molar-refractivity contribution < 1.29 is 22.8 Å². The molecule has 2 heterocycles. The Morgan fingerprint density at radius 2 is 1.88 bits per heavy atom. The van der Waals surface area contributed by atoms with Crippen molar-refractivity contribution in [1.82, 2.24) is 20.6 Å². The lowest BCUT2D eigenvalue weighted by Gasteiger charge is -2.30. The van der Waals surface area contributed by atoms with Gasteiger partial charge in [-0.05, 0) is 79.3 Å². The summed E-state index contributed by atoms with van der Waals surface area (Å²) in [6, 6.07) is 7.64. The van der Waals surface area contributed by atoms with E-state index in [2.05, 4.69) is 32.5 Å². The smallest absolute Gasteiger partial charge is 0.351 e. The molecule has 4 rings (SSSR count). The van der Waals surface area contributed by atoms with Gasteiger partial charge in [0.2, 0.25) is 5.95 Å². The number of rotatable bonds is 9. The number of nitrogens with zero attached hydrogens (tertiary/aromatic N) is 2. The zero-order valence-corrected chi connectivity index (χ0v) is 22.7. The second-order valence-electron chi connectivity index (χ2n) is 9.44. The molecule has 11 heteroatoms. The first-order valence-electron chi connectivity index (χ1n) is 12.9. The van der Waals surface area contributed by atoms with E-state index in [1.165, 1.54) is 18.2 Å². The minimum atomic E-state index is -4.45. The number of alkyl halides is 3. The molecule has 0 unspecified atom stereocenters. The van der Waals surface area contributed by atoms with Gasteiger partial charge in [-0.2, -0.15) is 13.2 Å². The SMILES string of the molecule is C=C/C(=C\C(=C/C)CNC1CCC(Nc2nccc(/C=C3\SC(=O)NC3=O)n2)CC1)c1ccccc1C(F)(F)F. The topological polar surface area (TPSA) is 96.0 Å². The highest BCUT2D eigenvalue weighted by molar-refractivity contribution is 8.18. The van der Waals surface area contributed by atoms with Gasteiger partial charge in [0, 0.05) is 24.8 Å². The standard InChI is InChI=1S/C29H30F3N5O2S/c1-3-18(15-19(4-2)23-7-5-6-8-24(23)29(30,31)32)17-34-20-9-11-21(12-10-20)35-27-33-14-13-22(36-27)16-25-26(38)37-28(39)40-25/h3-8,13-16,20-21,34H,2,9-12,17H2,1H3,(H,33,35,36)(H,37,38,39)/b18-3+,19-15+,25-16-. The third-order valence-electron chi connectivity index (χ3n) is 6.73. The first-order valence-corrected chi connectivity index (χ1v) is 13.7. The Hall–Kier alpha value is -3.70. The van der Waals surface area contributed by atoms with Gasteiger partial charge in [0.05, 0.1) is 16.2 Å². The molecule has 7 nitrogen and oxygen atoms in total. The molecule has 40 heavy (non-hydrogen) atoms. The van der Waals surface area contributed by atoms with Crippen molar-refractivity contribution in [3.8, 4) is 0 Å². The Balaban J connectivity index is 1.31. The Labute approximate surface area is 235 Å². The molecule has 2 fully saturated rings. The van der Waals surface area contributed by atoms with Crippen LogP contribution >= 0.6 is 11.8 Å². The maximum atomic E-state index is 13.5. The second kappa shape index (κ2) is 13.1. The van der Waals surface area contributed by atoms with Crippen LogP contribution in [0.2, 0.25) is 0 Å². The molecule has 1 saturated heterocycles. The minimum Gasteiger partial charge on any atom is -0.351 e. The zero-order chi connectivity index (χ0) is 28.7. The highest BCUT2D eigenvalue weighted by Gasteiger charge is 2.33. The number of carbonyl (C=O) groups is 2. The average Bonchev–Trinajstić information content (AvgIpc) is 3.25. The molecule has 0 spiro atoms. The van der Waals surface area contributed by atoms with E-state index < -0.39 is 22.9 Å². The van der Waals surface area contributed by atoms with Crippen LogP contribution in [0.1, 0.15) is 49.4 Å². The van der Waals surface area contributed by atoms with E-state index in [9.17, 15) is 22.8 Å². The molecule has 0 radical (unpaired) electrons. The zero-order valence-electron chi connectivity index (χ0n) is 21.9. The van der Waals surface area contributed by atoms with Crippen molar-refractivity contribution in [1.29, 1.82) is 0 Å². The van der Waals surface area contributed by atoms with Gasteiger partial charge < -0.3 is 10.6 Å². The van der Waals surface area contributed by atoms with E-state index in [-0.39, 0.29) is 17.6 Å². The maximum Gasteiger partial charge on any atom is 0.417 e. The van der Waals surface area contributed by atoms with Gasteiger partial charge >= 0.3 is 6.18 Å². The number of hydrogen-bond donors (Lipinski definition) is 3. The number of carbonyl (C=O) groups excluding carboxylic acids is 2. The fraction of sp³-hybridized carbons (Fsp3) is 0.310. The first kappa shape index (κ1) is 29.3. The summed E-state index contributed by atoms with van der Waals surface area (Å²) < 4.78 is 40.6.